The van der Waals surface area contributed by atoms with Crippen LogP contribution in [0.5, 0.6) is 0 Å². The summed E-state index contributed by atoms with van der Waals surface area (Å²) < 4.78 is 0. The van der Waals surface area contributed by atoms with Gasteiger partial charge in [-0.2, -0.15) is 0 Å². The lowest BCUT2D eigenvalue weighted by atomic mass is 9.67. The zero-order valence-corrected chi connectivity index (χ0v) is 40.8. The number of fused-ring (bicyclic) bond motifs is 4. The molecule has 1 aliphatic rings. The number of hydrogen-bond donors (Lipinski definition) is 0. The van der Waals surface area contributed by atoms with Gasteiger partial charge in [-0.25, -0.2) is 0 Å². The van der Waals surface area contributed by atoms with Crippen molar-refractivity contribution in [2.24, 2.45) is 0 Å². The maximum Gasteiger partial charge on any atom is 0.0713 e. The second kappa shape index (κ2) is 19.1. The van der Waals surface area contributed by atoms with Gasteiger partial charge >= 0.3 is 0 Å². The lowest BCUT2D eigenvalue weighted by molar-refractivity contribution is 0.770. The molecule has 12 aromatic rings. The topological polar surface area (TPSA) is 9.72 Å². The Hall–Kier alpha value is -9.70. The van der Waals surface area contributed by atoms with E-state index in [0.717, 1.165) is 51.2 Å². The van der Waals surface area contributed by atoms with Crippen molar-refractivity contribution in [1.29, 1.82) is 0 Å². The average Bonchev–Trinajstić information content (AvgIpc) is 3.78. The van der Waals surface area contributed by atoms with Gasteiger partial charge in [-0.05, 0) is 158 Å². The van der Waals surface area contributed by atoms with Crippen molar-refractivity contribution in [3.05, 3.63) is 332 Å². The Morgan fingerprint density at radius 2 is 0.581 bits per heavy atom. The summed E-state index contributed by atoms with van der Waals surface area (Å²) >= 11 is 0. The molecule has 0 saturated carbocycles. The van der Waals surface area contributed by atoms with Crippen LogP contribution in [0.3, 0.4) is 0 Å². The van der Waals surface area contributed by atoms with Gasteiger partial charge in [-0.1, -0.05) is 206 Å². The number of nitrogens with zero attached hydrogens (tertiary/aromatic N) is 3. The van der Waals surface area contributed by atoms with Gasteiger partial charge in [0.05, 0.1) is 5.41 Å². The van der Waals surface area contributed by atoms with E-state index in [2.05, 4.69) is 324 Å². The SMILES string of the molecule is c1ccc(-c2ccc(C3(c4ccc5ccccc5c4)c4ccccc4-c4cc(N(c5cccc(N(c6ccccc6)c6ccccc6)c5)c5cccc(N(c6ccccc6)c6ccccc6)c5)ccc43)cc2)cc1. The van der Waals surface area contributed by atoms with Crippen LogP contribution in [0.15, 0.2) is 309 Å². The van der Waals surface area contributed by atoms with E-state index in [1.54, 1.807) is 0 Å². The molecule has 0 radical (unpaired) electrons. The summed E-state index contributed by atoms with van der Waals surface area (Å²) in [7, 11) is 0. The third-order valence-electron chi connectivity index (χ3n) is 14.6. The minimum absolute atomic E-state index is 0.605. The molecule has 0 N–H and O–H groups in total. The molecule has 12 aromatic carbocycles. The molecule has 1 aliphatic carbocycles. The molecule has 0 aliphatic heterocycles. The monoisotopic (exact) mass is 945 g/mol. The Morgan fingerprint density at radius 3 is 1.11 bits per heavy atom. The summed E-state index contributed by atoms with van der Waals surface area (Å²) in [5.41, 5.74) is 18.8. The third kappa shape index (κ3) is 7.89. The molecule has 3 heteroatoms. The molecule has 3 nitrogen and oxygen atoms in total. The molecule has 0 bridgehead atoms. The summed E-state index contributed by atoms with van der Waals surface area (Å²) in [5, 5.41) is 2.45. The van der Waals surface area contributed by atoms with Gasteiger partial charge in [0.1, 0.15) is 0 Å². The number of anilines is 9. The van der Waals surface area contributed by atoms with Crippen LogP contribution in [-0.2, 0) is 5.41 Å². The van der Waals surface area contributed by atoms with Gasteiger partial charge in [0.2, 0.25) is 0 Å². The Kier molecular flexibility index (Phi) is 11.4. The maximum absolute atomic E-state index is 2.44. The Bertz CT molecular complexity index is 3690. The highest BCUT2D eigenvalue weighted by Crippen LogP contribution is 2.58. The van der Waals surface area contributed by atoms with Crippen molar-refractivity contribution < 1.29 is 0 Å². The van der Waals surface area contributed by atoms with Crippen LogP contribution >= 0.6 is 0 Å². The molecule has 350 valence electrons. The lowest BCUT2D eigenvalue weighted by Gasteiger charge is -2.35. The van der Waals surface area contributed by atoms with E-state index in [-0.39, 0.29) is 0 Å². The zero-order valence-electron chi connectivity index (χ0n) is 40.8. The van der Waals surface area contributed by atoms with Crippen LogP contribution in [0.4, 0.5) is 51.2 Å². The fourth-order valence-corrected chi connectivity index (χ4v) is 11.4. The lowest BCUT2D eigenvalue weighted by Crippen LogP contribution is -2.28. The first-order valence-electron chi connectivity index (χ1n) is 25.4. The number of benzene rings is 12. The fraction of sp³-hybridized carbons (Fsp3) is 0.0141. The van der Waals surface area contributed by atoms with Crippen LogP contribution in [0, 0.1) is 0 Å². The van der Waals surface area contributed by atoms with Gasteiger partial charge in [0.15, 0.2) is 0 Å². The molecule has 0 heterocycles. The minimum atomic E-state index is -0.605. The molecule has 0 aromatic heterocycles. The number of hydrogen-bond acceptors (Lipinski definition) is 3. The fourth-order valence-electron chi connectivity index (χ4n) is 11.4. The summed E-state index contributed by atoms with van der Waals surface area (Å²) in [6, 6.07) is 113. The molecule has 0 fully saturated rings. The van der Waals surface area contributed by atoms with Crippen molar-refractivity contribution in [2.45, 2.75) is 5.41 Å². The van der Waals surface area contributed by atoms with Crippen LogP contribution < -0.4 is 14.7 Å². The Labute approximate surface area is 433 Å². The van der Waals surface area contributed by atoms with Crippen molar-refractivity contribution in [3.63, 3.8) is 0 Å². The highest BCUT2D eigenvalue weighted by Gasteiger charge is 2.46. The third-order valence-corrected chi connectivity index (χ3v) is 14.6. The van der Waals surface area contributed by atoms with E-state index >= 15 is 0 Å². The summed E-state index contributed by atoms with van der Waals surface area (Å²) in [6.07, 6.45) is 0. The summed E-state index contributed by atoms with van der Waals surface area (Å²) in [4.78, 5) is 7.11. The molecule has 0 amide bonds. The Balaban J connectivity index is 1.03. The highest BCUT2D eigenvalue weighted by atomic mass is 15.2. The van der Waals surface area contributed by atoms with Crippen LogP contribution in [-0.4, -0.2) is 0 Å². The number of para-hydroxylation sites is 4. The van der Waals surface area contributed by atoms with Crippen molar-refractivity contribution in [3.8, 4) is 22.3 Å². The molecule has 1 unspecified atom stereocenters. The predicted octanol–water partition coefficient (Wildman–Crippen LogP) is 19.3. The van der Waals surface area contributed by atoms with Gasteiger partial charge in [-0.3, -0.25) is 0 Å². The normalized spacial score (nSPS) is 13.5. The molecule has 13 rings (SSSR count). The molecule has 0 spiro atoms. The average molecular weight is 946 g/mol. The first-order chi connectivity index (χ1) is 36.7. The molecule has 74 heavy (non-hydrogen) atoms. The van der Waals surface area contributed by atoms with E-state index < -0.39 is 5.41 Å². The quantitative estimate of drug-likeness (QED) is 0.121. The standard InChI is InChI=1S/C71H51N3/c1-6-22-52(23-7-1)54-40-43-56(44-41-54)71(57-45-42-53-24-16-17-25-55(53)48-57)69-39-19-18-38-67(69)68-51-66(46-47-70(68)71)74(64-36-20-34-62(49-64)72(58-26-8-2-9-27-58)59-28-10-3-11-29-59)65-37-21-35-63(50-65)73(60-30-12-4-13-31-60)61-32-14-5-15-33-61/h1-51H. The van der Waals surface area contributed by atoms with Crippen LogP contribution in [0.25, 0.3) is 33.0 Å². The van der Waals surface area contributed by atoms with Crippen molar-refractivity contribution in [1.82, 2.24) is 0 Å². The van der Waals surface area contributed by atoms with Crippen LogP contribution in [0.2, 0.25) is 0 Å². The zero-order chi connectivity index (χ0) is 49.3. The van der Waals surface area contributed by atoms with Gasteiger partial charge in [0, 0.05) is 51.2 Å². The summed E-state index contributed by atoms with van der Waals surface area (Å²) in [5.74, 6) is 0. The van der Waals surface area contributed by atoms with Gasteiger partial charge < -0.3 is 14.7 Å². The Morgan fingerprint density at radius 1 is 0.203 bits per heavy atom. The van der Waals surface area contributed by atoms with Crippen LogP contribution in [0.1, 0.15) is 22.3 Å². The van der Waals surface area contributed by atoms with Crippen molar-refractivity contribution >= 4 is 62.0 Å². The molecule has 1 atom stereocenters. The van der Waals surface area contributed by atoms with Crippen molar-refractivity contribution in [2.75, 3.05) is 14.7 Å². The van der Waals surface area contributed by atoms with E-state index in [9.17, 15) is 0 Å². The minimum Gasteiger partial charge on any atom is -0.310 e. The van der Waals surface area contributed by atoms with Gasteiger partial charge in [0.25, 0.3) is 0 Å². The smallest absolute Gasteiger partial charge is 0.0713 e. The maximum atomic E-state index is 2.44. The largest absolute Gasteiger partial charge is 0.310 e. The predicted molar refractivity (Wildman–Crippen MR) is 311 cm³/mol. The van der Waals surface area contributed by atoms with E-state index in [1.165, 1.54) is 55.3 Å². The first kappa shape index (κ1) is 44.3. The second-order valence-electron chi connectivity index (χ2n) is 18.9. The van der Waals surface area contributed by atoms with Gasteiger partial charge in [-0.15, -0.1) is 0 Å². The highest BCUT2D eigenvalue weighted by molar-refractivity contribution is 5.93. The first-order valence-corrected chi connectivity index (χ1v) is 25.4. The van der Waals surface area contributed by atoms with E-state index in [4.69, 9.17) is 0 Å². The molecule has 0 saturated heterocycles. The second-order valence-corrected chi connectivity index (χ2v) is 18.9. The van der Waals surface area contributed by atoms with E-state index in [0.29, 0.717) is 0 Å². The number of rotatable bonds is 12. The molecular weight excluding hydrogens is 895 g/mol. The molecular formula is C71H51N3. The van der Waals surface area contributed by atoms with E-state index in [1.807, 2.05) is 0 Å². The summed E-state index contributed by atoms with van der Waals surface area (Å²) in [6.45, 7) is 0.